The van der Waals surface area contributed by atoms with Gasteiger partial charge in [0.1, 0.15) is 0 Å². The highest BCUT2D eigenvalue weighted by Crippen LogP contribution is 2.34. The van der Waals surface area contributed by atoms with Gasteiger partial charge in [-0.2, -0.15) is 0 Å². The van der Waals surface area contributed by atoms with Crippen LogP contribution in [-0.2, 0) is 12.8 Å². The van der Waals surface area contributed by atoms with Crippen molar-refractivity contribution >= 4 is 11.4 Å². The van der Waals surface area contributed by atoms with Crippen LogP contribution in [0.4, 0.5) is 11.4 Å². The molecule has 0 heterocycles. The summed E-state index contributed by atoms with van der Waals surface area (Å²) in [5, 5.41) is 0. The van der Waals surface area contributed by atoms with Gasteiger partial charge in [-0.1, -0.05) is 56.7 Å². The summed E-state index contributed by atoms with van der Waals surface area (Å²) >= 11 is 0. The highest BCUT2D eigenvalue weighted by molar-refractivity contribution is 5.48. The first kappa shape index (κ1) is 14.4. The van der Waals surface area contributed by atoms with Gasteiger partial charge in [0, 0.05) is 11.4 Å². The minimum Gasteiger partial charge on any atom is -0.399 e. The molecule has 0 amide bonds. The Labute approximate surface area is 121 Å². The fourth-order valence-electron chi connectivity index (χ4n) is 2.62. The SMILES string of the molecule is CCC(C)(Cc1ccccc1N)Cc1ccccc1N. The Morgan fingerprint density at radius 1 is 0.800 bits per heavy atom. The van der Waals surface area contributed by atoms with Crippen molar-refractivity contribution in [3.8, 4) is 0 Å². The second-order valence-corrected chi connectivity index (χ2v) is 5.92. The topological polar surface area (TPSA) is 52.0 Å². The fourth-order valence-corrected chi connectivity index (χ4v) is 2.62. The lowest BCUT2D eigenvalue weighted by atomic mass is 9.76. The van der Waals surface area contributed by atoms with Crippen LogP contribution in [0.3, 0.4) is 0 Å². The minimum absolute atomic E-state index is 0.172. The van der Waals surface area contributed by atoms with Gasteiger partial charge in [0.15, 0.2) is 0 Å². The van der Waals surface area contributed by atoms with Crippen LogP contribution in [0.25, 0.3) is 0 Å². The monoisotopic (exact) mass is 268 g/mol. The molecule has 0 radical (unpaired) electrons. The van der Waals surface area contributed by atoms with Gasteiger partial charge >= 0.3 is 0 Å². The Hall–Kier alpha value is -1.96. The Bertz CT molecular complexity index is 528. The summed E-state index contributed by atoms with van der Waals surface area (Å²) in [6.07, 6.45) is 3.05. The number of anilines is 2. The van der Waals surface area contributed by atoms with Gasteiger partial charge in [0.2, 0.25) is 0 Å². The minimum atomic E-state index is 0.172. The molecule has 2 heteroatoms. The van der Waals surface area contributed by atoms with E-state index in [4.69, 9.17) is 11.5 Å². The molecule has 0 aliphatic rings. The fraction of sp³-hybridized carbons (Fsp3) is 0.333. The van der Waals surface area contributed by atoms with E-state index >= 15 is 0 Å². The molecule has 106 valence electrons. The molecule has 2 aromatic rings. The van der Waals surface area contributed by atoms with Crippen molar-refractivity contribution in [1.82, 2.24) is 0 Å². The standard InChI is InChI=1S/C18H24N2/c1-3-18(2,12-14-8-4-6-10-16(14)19)13-15-9-5-7-11-17(15)20/h4-11H,3,12-13,19-20H2,1-2H3. The largest absolute Gasteiger partial charge is 0.399 e. The zero-order chi connectivity index (χ0) is 14.6. The van der Waals surface area contributed by atoms with E-state index in [0.717, 1.165) is 30.6 Å². The van der Waals surface area contributed by atoms with Crippen LogP contribution in [0.1, 0.15) is 31.4 Å². The van der Waals surface area contributed by atoms with Crippen molar-refractivity contribution in [3.05, 3.63) is 59.7 Å². The smallest absolute Gasteiger partial charge is 0.0346 e. The average molecular weight is 268 g/mol. The van der Waals surface area contributed by atoms with Gasteiger partial charge in [-0.15, -0.1) is 0 Å². The normalized spacial score (nSPS) is 11.5. The van der Waals surface area contributed by atoms with Crippen LogP contribution in [-0.4, -0.2) is 0 Å². The summed E-state index contributed by atoms with van der Waals surface area (Å²) in [6, 6.07) is 16.3. The summed E-state index contributed by atoms with van der Waals surface area (Å²) in [5.74, 6) is 0. The highest BCUT2D eigenvalue weighted by atomic mass is 14.6. The molecule has 0 unspecified atom stereocenters. The molecule has 0 spiro atoms. The molecule has 2 rings (SSSR count). The molecule has 0 aromatic heterocycles. The van der Waals surface area contributed by atoms with E-state index in [2.05, 4.69) is 38.1 Å². The van der Waals surface area contributed by atoms with Gasteiger partial charge < -0.3 is 11.5 Å². The summed E-state index contributed by atoms with van der Waals surface area (Å²) in [6.45, 7) is 4.55. The summed E-state index contributed by atoms with van der Waals surface area (Å²) in [5.41, 5.74) is 16.6. The number of hydrogen-bond donors (Lipinski definition) is 2. The molecule has 0 saturated carbocycles. The third-order valence-corrected chi connectivity index (χ3v) is 4.20. The van der Waals surface area contributed by atoms with Crippen LogP contribution in [0.5, 0.6) is 0 Å². The van der Waals surface area contributed by atoms with Crippen LogP contribution >= 0.6 is 0 Å². The lowest BCUT2D eigenvalue weighted by molar-refractivity contribution is 0.306. The van der Waals surface area contributed by atoms with E-state index in [1.165, 1.54) is 11.1 Å². The van der Waals surface area contributed by atoms with Crippen molar-refractivity contribution in [3.63, 3.8) is 0 Å². The third kappa shape index (κ3) is 3.32. The third-order valence-electron chi connectivity index (χ3n) is 4.20. The van der Waals surface area contributed by atoms with E-state index in [9.17, 15) is 0 Å². The maximum absolute atomic E-state index is 6.08. The molecule has 0 saturated heterocycles. The van der Waals surface area contributed by atoms with Crippen LogP contribution in [0.15, 0.2) is 48.5 Å². The quantitative estimate of drug-likeness (QED) is 0.804. The molecule has 0 aliphatic heterocycles. The molecule has 0 aliphatic carbocycles. The summed E-state index contributed by atoms with van der Waals surface area (Å²) < 4.78 is 0. The van der Waals surface area contributed by atoms with E-state index in [1.807, 2.05) is 24.3 Å². The molecule has 4 N–H and O–H groups in total. The molecule has 0 bridgehead atoms. The maximum atomic E-state index is 6.08. The van der Waals surface area contributed by atoms with Crippen molar-refractivity contribution in [2.45, 2.75) is 33.1 Å². The van der Waals surface area contributed by atoms with E-state index < -0.39 is 0 Å². The van der Waals surface area contributed by atoms with Gasteiger partial charge in [0.25, 0.3) is 0 Å². The van der Waals surface area contributed by atoms with Crippen molar-refractivity contribution in [1.29, 1.82) is 0 Å². The Kier molecular flexibility index (Phi) is 4.33. The first-order valence-corrected chi connectivity index (χ1v) is 7.21. The number of para-hydroxylation sites is 2. The van der Waals surface area contributed by atoms with Crippen molar-refractivity contribution in [2.24, 2.45) is 5.41 Å². The molecule has 20 heavy (non-hydrogen) atoms. The van der Waals surface area contributed by atoms with Crippen LogP contribution < -0.4 is 11.5 Å². The van der Waals surface area contributed by atoms with Crippen LogP contribution in [0.2, 0.25) is 0 Å². The predicted molar refractivity (Wildman–Crippen MR) is 87.5 cm³/mol. The highest BCUT2D eigenvalue weighted by Gasteiger charge is 2.24. The van der Waals surface area contributed by atoms with Crippen LogP contribution in [0, 0.1) is 5.41 Å². The van der Waals surface area contributed by atoms with Gasteiger partial charge in [-0.3, -0.25) is 0 Å². The number of nitrogen functional groups attached to an aromatic ring is 2. The van der Waals surface area contributed by atoms with E-state index in [-0.39, 0.29) is 5.41 Å². The summed E-state index contributed by atoms with van der Waals surface area (Å²) in [4.78, 5) is 0. The van der Waals surface area contributed by atoms with Gasteiger partial charge in [0.05, 0.1) is 0 Å². The number of nitrogens with two attached hydrogens (primary N) is 2. The molecule has 2 nitrogen and oxygen atoms in total. The van der Waals surface area contributed by atoms with E-state index in [0.29, 0.717) is 0 Å². The average Bonchev–Trinajstić information content (AvgIpc) is 2.44. The Balaban J connectivity index is 2.22. The number of benzene rings is 2. The zero-order valence-corrected chi connectivity index (χ0v) is 12.4. The molecule has 0 fully saturated rings. The van der Waals surface area contributed by atoms with Crippen molar-refractivity contribution in [2.75, 3.05) is 11.5 Å². The molecular formula is C18H24N2. The second kappa shape index (κ2) is 6.00. The second-order valence-electron chi connectivity index (χ2n) is 5.92. The molecule has 2 aromatic carbocycles. The first-order chi connectivity index (χ1) is 9.54. The molecule has 0 atom stereocenters. The molecular weight excluding hydrogens is 244 g/mol. The number of hydrogen-bond acceptors (Lipinski definition) is 2. The maximum Gasteiger partial charge on any atom is 0.0346 e. The zero-order valence-electron chi connectivity index (χ0n) is 12.4. The summed E-state index contributed by atoms with van der Waals surface area (Å²) in [7, 11) is 0. The number of rotatable bonds is 5. The van der Waals surface area contributed by atoms with Gasteiger partial charge in [-0.25, -0.2) is 0 Å². The Morgan fingerprint density at radius 2 is 1.20 bits per heavy atom. The Morgan fingerprint density at radius 3 is 1.55 bits per heavy atom. The van der Waals surface area contributed by atoms with Crippen molar-refractivity contribution < 1.29 is 0 Å². The lowest BCUT2D eigenvalue weighted by Crippen LogP contribution is -2.23. The lowest BCUT2D eigenvalue weighted by Gasteiger charge is -2.29. The first-order valence-electron chi connectivity index (χ1n) is 7.21. The van der Waals surface area contributed by atoms with E-state index in [1.54, 1.807) is 0 Å². The predicted octanol–water partition coefficient (Wildman–Crippen LogP) is 4.05. The van der Waals surface area contributed by atoms with Gasteiger partial charge in [-0.05, 0) is 41.5 Å².